The van der Waals surface area contributed by atoms with Gasteiger partial charge < -0.3 is 10.4 Å². The summed E-state index contributed by atoms with van der Waals surface area (Å²) in [4.78, 5) is 0. The molecule has 1 fully saturated rings. The number of rotatable bonds is 5. The Morgan fingerprint density at radius 2 is 1.95 bits per heavy atom. The smallest absolute Gasteiger partial charge is 0.123 e. The van der Waals surface area contributed by atoms with Crippen LogP contribution in [0.25, 0.3) is 0 Å². The Hall–Kier alpha value is -0.930. The zero-order valence-corrected chi connectivity index (χ0v) is 12.4. The molecule has 1 saturated carbocycles. The Balaban J connectivity index is 2.19. The van der Waals surface area contributed by atoms with E-state index in [1.165, 1.54) is 31.7 Å². The van der Waals surface area contributed by atoms with Crippen molar-refractivity contribution in [3.8, 4) is 0 Å². The van der Waals surface area contributed by atoms with Gasteiger partial charge in [0.25, 0.3) is 0 Å². The van der Waals surface area contributed by atoms with Gasteiger partial charge in [0.2, 0.25) is 0 Å². The molecular formula is C17H26FNO. The number of benzene rings is 1. The summed E-state index contributed by atoms with van der Waals surface area (Å²) < 4.78 is 13.5. The molecule has 1 atom stereocenters. The van der Waals surface area contributed by atoms with Crippen LogP contribution in [0, 0.1) is 5.82 Å². The van der Waals surface area contributed by atoms with E-state index in [9.17, 15) is 9.50 Å². The van der Waals surface area contributed by atoms with Crippen molar-refractivity contribution in [3.05, 3.63) is 35.6 Å². The summed E-state index contributed by atoms with van der Waals surface area (Å²) in [5, 5.41) is 13.6. The van der Waals surface area contributed by atoms with Crippen molar-refractivity contribution in [2.24, 2.45) is 0 Å². The van der Waals surface area contributed by atoms with Crippen LogP contribution < -0.4 is 5.32 Å². The van der Waals surface area contributed by atoms with E-state index in [1.807, 2.05) is 13.0 Å². The molecule has 0 heterocycles. The van der Waals surface area contributed by atoms with E-state index in [4.69, 9.17) is 0 Å². The van der Waals surface area contributed by atoms with Crippen LogP contribution in [-0.2, 0) is 5.54 Å². The number of aliphatic hydroxyl groups excluding tert-OH is 1. The molecule has 1 aromatic carbocycles. The van der Waals surface area contributed by atoms with Gasteiger partial charge in [0.1, 0.15) is 5.82 Å². The molecule has 20 heavy (non-hydrogen) atoms. The van der Waals surface area contributed by atoms with Crippen LogP contribution in [0.15, 0.2) is 24.3 Å². The molecule has 2 rings (SSSR count). The zero-order valence-electron chi connectivity index (χ0n) is 12.4. The Kier molecular flexibility index (Phi) is 5.55. The van der Waals surface area contributed by atoms with Crippen LogP contribution in [0.3, 0.4) is 0 Å². The highest BCUT2D eigenvalue weighted by atomic mass is 19.1. The lowest BCUT2D eigenvalue weighted by Gasteiger charge is -2.36. The Morgan fingerprint density at radius 3 is 2.50 bits per heavy atom. The van der Waals surface area contributed by atoms with Gasteiger partial charge in [-0.05, 0) is 37.0 Å². The zero-order chi connectivity index (χ0) is 14.4. The normalized spacial score (nSPS) is 20.4. The number of aliphatic hydroxyl groups is 1. The molecule has 112 valence electrons. The minimum atomic E-state index is -0.517. The van der Waals surface area contributed by atoms with Crippen molar-refractivity contribution in [3.63, 3.8) is 0 Å². The van der Waals surface area contributed by atoms with Gasteiger partial charge >= 0.3 is 0 Å². The van der Waals surface area contributed by atoms with Crippen molar-refractivity contribution >= 4 is 0 Å². The fourth-order valence-corrected chi connectivity index (χ4v) is 3.24. The van der Waals surface area contributed by atoms with Crippen LogP contribution in [0.1, 0.15) is 57.4 Å². The van der Waals surface area contributed by atoms with Crippen LogP contribution in [0.2, 0.25) is 0 Å². The van der Waals surface area contributed by atoms with Crippen molar-refractivity contribution in [1.82, 2.24) is 5.32 Å². The van der Waals surface area contributed by atoms with E-state index in [-0.39, 0.29) is 12.4 Å². The maximum absolute atomic E-state index is 13.5. The first-order valence-electron chi connectivity index (χ1n) is 7.85. The van der Waals surface area contributed by atoms with Gasteiger partial charge in [0.05, 0.1) is 12.1 Å². The second-order valence-electron chi connectivity index (χ2n) is 5.94. The molecule has 1 aliphatic carbocycles. The third kappa shape index (κ3) is 3.58. The highest BCUT2D eigenvalue weighted by Crippen LogP contribution is 2.28. The quantitative estimate of drug-likeness (QED) is 0.805. The van der Waals surface area contributed by atoms with E-state index >= 15 is 0 Å². The van der Waals surface area contributed by atoms with Crippen molar-refractivity contribution in [2.75, 3.05) is 6.61 Å². The lowest BCUT2D eigenvalue weighted by molar-refractivity contribution is 0.137. The summed E-state index contributed by atoms with van der Waals surface area (Å²) in [6.45, 7) is 2.05. The highest BCUT2D eigenvalue weighted by Gasteiger charge is 2.32. The molecule has 1 aliphatic rings. The van der Waals surface area contributed by atoms with Crippen molar-refractivity contribution < 1.29 is 9.50 Å². The monoisotopic (exact) mass is 279 g/mol. The van der Waals surface area contributed by atoms with Gasteiger partial charge in [-0.25, -0.2) is 4.39 Å². The highest BCUT2D eigenvalue weighted by molar-refractivity contribution is 5.25. The topological polar surface area (TPSA) is 32.3 Å². The third-order valence-corrected chi connectivity index (χ3v) is 4.59. The van der Waals surface area contributed by atoms with Gasteiger partial charge in [-0.1, -0.05) is 44.7 Å². The van der Waals surface area contributed by atoms with Crippen LogP contribution in [0.5, 0.6) is 0 Å². The largest absolute Gasteiger partial charge is 0.394 e. The third-order valence-electron chi connectivity index (χ3n) is 4.59. The molecule has 0 aliphatic heterocycles. The maximum atomic E-state index is 13.5. The number of hydrogen-bond donors (Lipinski definition) is 2. The first-order valence-corrected chi connectivity index (χ1v) is 7.85. The molecular weight excluding hydrogens is 253 g/mol. The molecule has 0 spiro atoms. The molecule has 2 nitrogen and oxygen atoms in total. The first kappa shape index (κ1) is 15.5. The van der Waals surface area contributed by atoms with Crippen molar-refractivity contribution in [1.29, 1.82) is 0 Å². The Bertz CT molecular complexity index is 409. The van der Waals surface area contributed by atoms with Gasteiger partial charge in [0, 0.05) is 6.04 Å². The fraction of sp³-hybridized carbons (Fsp3) is 0.647. The van der Waals surface area contributed by atoms with Gasteiger partial charge in [0.15, 0.2) is 0 Å². The summed E-state index contributed by atoms with van der Waals surface area (Å²) in [5.41, 5.74) is 0.337. The minimum Gasteiger partial charge on any atom is -0.394 e. The van der Waals surface area contributed by atoms with E-state index in [0.717, 1.165) is 24.8 Å². The fourth-order valence-electron chi connectivity index (χ4n) is 3.24. The van der Waals surface area contributed by atoms with Gasteiger partial charge in [-0.2, -0.15) is 0 Å². The molecule has 0 bridgehead atoms. The van der Waals surface area contributed by atoms with Crippen LogP contribution in [0.4, 0.5) is 4.39 Å². The average Bonchev–Trinajstić information content (AvgIpc) is 2.73. The lowest BCUT2D eigenvalue weighted by Crippen LogP contribution is -2.50. The Labute approximate surface area is 121 Å². The van der Waals surface area contributed by atoms with Gasteiger partial charge in [-0.3, -0.25) is 0 Å². The van der Waals surface area contributed by atoms with Crippen LogP contribution >= 0.6 is 0 Å². The Morgan fingerprint density at radius 1 is 1.25 bits per heavy atom. The van der Waals surface area contributed by atoms with E-state index in [1.54, 1.807) is 12.1 Å². The minimum absolute atomic E-state index is 0.00343. The maximum Gasteiger partial charge on any atom is 0.123 e. The van der Waals surface area contributed by atoms with E-state index < -0.39 is 5.54 Å². The SMILES string of the molecule is CCC(CO)(NC1CCCCCC1)c1cccc(F)c1. The summed E-state index contributed by atoms with van der Waals surface area (Å²) in [6, 6.07) is 7.05. The molecule has 0 radical (unpaired) electrons. The number of nitrogens with one attached hydrogen (secondary N) is 1. The molecule has 3 heteroatoms. The van der Waals surface area contributed by atoms with E-state index in [2.05, 4.69) is 5.32 Å². The second kappa shape index (κ2) is 7.19. The molecule has 2 N–H and O–H groups in total. The first-order chi connectivity index (χ1) is 9.70. The lowest BCUT2D eigenvalue weighted by atomic mass is 9.86. The summed E-state index contributed by atoms with van der Waals surface area (Å²) in [5.74, 6) is -0.239. The molecule has 1 unspecified atom stereocenters. The number of hydrogen-bond acceptors (Lipinski definition) is 2. The summed E-state index contributed by atoms with van der Waals surface area (Å²) >= 11 is 0. The van der Waals surface area contributed by atoms with Crippen LogP contribution in [-0.4, -0.2) is 17.8 Å². The standard InChI is InChI=1S/C17H26FNO/c1-2-17(13-20,14-8-7-9-15(18)12-14)19-16-10-5-3-4-6-11-16/h7-9,12,16,19-20H,2-6,10-11,13H2,1H3. The molecule has 1 aromatic rings. The predicted octanol–water partition coefficient (Wildman–Crippen LogP) is 3.74. The second-order valence-corrected chi connectivity index (χ2v) is 5.94. The average molecular weight is 279 g/mol. The molecule has 0 saturated heterocycles. The summed E-state index contributed by atoms with van der Waals surface area (Å²) in [7, 11) is 0. The van der Waals surface area contributed by atoms with Gasteiger partial charge in [-0.15, -0.1) is 0 Å². The van der Waals surface area contributed by atoms with E-state index in [0.29, 0.717) is 6.04 Å². The summed E-state index contributed by atoms with van der Waals surface area (Å²) in [6.07, 6.45) is 8.14. The van der Waals surface area contributed by atoms with Crippen molar-refractivity contribution in [2.45, 2.75) is 63.5 Å². The number of halogens is 1. The molecule has 0 amide bonds. The predicted molar refractivity (Wildman–Crippen MR) is 80.1 cm³/mol. The molecule has 0 aromatic heterocycles.